The Morgan fingerprint density at radius 2 is 1.56 bits per heavy atom. The zero-order valence-corrected chi connectivity index (χ0v) is 20.2. The molecule has 2 aromatic rings. The normalized spacial score (nSPS) is 10.8. The predicted octanol–water partition coefficient (Wildman–Crippen LogP) is 4.13. The number of rotatable bonds is 10. The minimum Gasteiger partial charge on any atom is -0.444 e. The molecule has 8 nitrogen and oxygen atoms in total. The predicted molar refractivity (Wildman–Crippen MR) is 131 cm³/mol. The fraction of sp³-hybridized carbons (Fsp3) is 0.385. The van der Waals surface area contributed by atoms with Gasteiger partial charge in [-0.15, -0.1) is 0 Å². The Morgan fingerprint density at radius 3 is 2.24 bits per heavy atom. The van der Waals surface area contributed by atoms with Crippen molar-refractivity contribution in [2.75, 3.05) is 11.9 Å². The third kappa shape index (κ3) is 10.3. The Hall–Kier alpha value is -3.68. The van der Waals surface area contributed by atoms with Crippen LogP contribution < -0.4 is 16.0 Å². The average Bonchev–Trinajstić information content (AvgIpc) is 2.75. The van der Waals surface area contributed by atoms with Gasteiger partial charge in [0.05, 0.1) is 0 Å². The molecule has 0 saturated carbocycles. The molecule has 0 aliphatic heterocycles. The summed E-state index contributed by atoms with van der Waals surface area (Å²) in [7, 11) is 0. The van der Waals surface area contributed by atoms with Gasteiger partial charge in [0.2, 0.25) is 11.8 Å². The van der Waals surface area contributed by atoms with Gasteiger partial charge in [-0.1, -0.05) is 42.0 Å². The Bertz CT molecular complexity index is 1010. The molecule has 0 radical (unpaired) electrons. The van der Waals surface area contributed by atoms with Crippen molar-refractivity contribution in [2.45, 2.75) is 59.1 Å². The number of benzene rings is 2. The molecule has 0 fully saturated rings. The molecule has 0 aliphatic carbocycles. The molecule has 8 heteroatoms. The van der Waals surface area contributed by atoms with Crippen LogP contribution >= 0.6 is 0 Å². The van der Waals surface area contributed by atoms with Gasteiger partial charge in [-0.3, -0.25) is 14.4 Å². The lowest BCUT2D eigenvalue weighted by atomic mass is 10.0. The fourth-order valence-electron chi connectivity index (χ4n) is 2.97. The van der Waals surface area contributed by atoms with E-state index in [-0.39, 0.29) is 49.9 Å². The van der Waals surface area contributed by atoms with Gasteiger partial charge in [-0.2, -0.15) is 0 Å². The van der Waals surface area contributed by atoms with E-state index in [1.165, 1.54) is 0 Å². The molecule has 0 saturated heterocycles. The van der Waals surface area contributed by atoms with E-state index in [1.807, 2.05) is 25.1 Å². The van der Waals surface area contributed by atoms with E-state index >= 15 is 0 Å². The fourth-order valence-corrected chi connectivity index (χ4v) is 2.97. The third-order valence-electron chi connectivity index (χ3n) is 4.67. The second kappa shape index (κ2) is 12.5. The second-order valence-electron chi connectivity index (χ2n) is 8.99. The SMILES string of the molecule is Cc1ccc(C(=O)CCC(=O)NCc2cccc(NC(=O)CCNC(=O)OC(C)(C)C)c2)cc1. The van der Waals surface area contributed by atoms with Gasteiger partial charge in [0.25, 0.3) is 0 Å². The maximum absolute atomic E-state index is 12.2. The quantitative estimate of drug-likeness (QED) is 0.455. The molecule has 0 spiro atoms. The molecule has 2 rings (SSSR count). The van der Waals surface area contributed by atoms with E-state index < -0.39 is 11.7 Å². The van der Waals surface area contributed by atoms with Crippen LogP contribution in [-0.2, 0) is 20.9 Å². The molecule has 0 atom stereocenters. The summed E-state index contributed by atoms with van der Waals surface area (Å²) < 4.78 is 5.12. The van der Waals surface area contributed by atoms with E-state index in [0.29, 0.717) is 11.3 Å². The highest BCUT2D eigenvalue weighted by Crippen LogP contribution is 2.12. The van der Waals surface area contributed by atoms with Gasteiger partial charge in [-0.05, 0) is 45.4 Å². The first kappa shape index (κ1) is 26.6. The molecule has 3 N–H and O–H groups in total. The van der Waals surface area contributed by atoms with Gasteiger partial charge in [0.1, 0.15) is 5.60 Å². The Morgan fingerprint density at radius 1 is 0.853 bits per heavy atom. The number of nitrogens with one attached hydrogen (secondary N) is 3. The Balaban J connectivity index is 1.72. The maximum atomic E-state index is 12.2. The molecule has 3 amide bonds. The van der Waals surface area contributed by atoms with Gasteiger partial charge >= 0.3 is 6.09 Å². The van der Waals surface area contributed by atoms with E-state index in [2.05, 4.69) is 16.0 Å². The summed E-state index contributed by atoms with van der Waals surface area (Å²) in [6, 6.07) is 14.4. The van der Waals surface area contributed by atoms with Crippen molar-refractivity contribution in [3.05, 3.63) is 65.2 Å². The van der Waals surface area contributed by atoms with Crippen LogP contribution in [0.3, 0.4) is 0 Å². The number of carbonyl (C=O) groups is 4. The summed E-state index contributed by atoms with van der Waals surface area (Å²) in [4.78, 5) is 48.1. The summed E-state index contributed by atoms with van der Waals surface area (Å²) in [5.41, 5.74) is 2.47. The van der Waals surface area contributed by atoms with Gasteiger partial charge in [-0.25, -0.2) is 4.79 Å². The molecule has 34 heavy (non-hydrogen) atoms. The highest BCUT2D eigenvalue weighted by atomic mass is 16.6. The lowest BCUT2D eigenvalue weighted by Gasteiger charge is -2.19. The molecule has 2 aromatic carbocycles. The first-order valence-corrected chi connectivity index (χ1v) is 11.2. The lowest BCUT2D eigenvalue weighted by molar-refractivity contribution is -0.121. The van der Waals surface area contributed by atoms with Crippen LogP contribution in [0.25, 0.3) is 0 Å². The first-order chi connectivity index (χ1) is 16.0. The van der Waals surface area contributed by atoms with Crippen LogP contribution in [0.2, 0.25) is 0 Å². The van der Waals surface area contributed by atoms with Crippen LogP contribution in [0.15, 0.2) is 48.5 Å². The number of hydrogen-bond donors (Lipinski definition) is 3. The number of ketones is 1. The number of alkyl carbamates (subject to hydrolysis) is 1. The number of amides is 3. The minimum atomic E-state index is -0.598. The highest BCUT2D eigenvalue weighted by molar-refractivity contribution is 5.98. The Labute approximate surface area is 200 Å². The van der Waals surface area contributed by atoms with Crippen molar-refractivity contribution in [3.63, 3.8) is 0 Å². The van der Waals surface area contributed by atoms with Gasteiger partial charge in [0, 0.05) is 43.6 Å². The lowest BCUT2D eigenvalue weighted by Crippen LogP contribution is -2.34. The number of Topliss-reactive ketones (excluding diaryl/α,β-unsaturated/α-hetero) is 1. The van der Waals surface area contributed by atoms with Crippen molar-refractivity contribution in [1.29, 1.82) is 0 Å². The van der Waals surface area contributed by atoms with E-state index in [4.69, 9.17) is 4.74 Å². The first-order valence-electron chi connectivity index (χ1n) is 11.2. The molecular weight excluding hydrogens is 434 g/mol. The standard InChI is InChI=1S/C26H33N3O5/c1-18-8-10-20(11-9-18)22(30)12-13-23(31)28-17-19-6-5-7-21(16-19)29-24(32)14-15-27-25(33)34-26(2,3)4/h5-11,16H,12-15,17H2,1-4H3,(H,27,33)(H,28,31)(H,29,32). The summed E-state index contributed by atoms with van der Waals surface area (Å²) in [5.74, 6) is -0.545. The summed E-state index contributed by atoms with van der Waals surface area (Å²) >= 11 is 0. The molecule has 182 valence electrons. The van der Waals surface area contributed by atoms with E-state index in [0.717, 1.165) is 11.1 Å². The molecule has 0 aromatic heterocycles. The van der Waals surface area contributed by atoms with E-state index in [1.54, 1.807) is 51.1 Å². The van der Waals surface area contributed by atoms with Crippen LogP contribution in [-0.4, -0.2) is 35.8 Å². The number of hydrogen-bond acceptors (Lipinski definition) is 5. The highest BCUT2D eigenvalue weighted by Gasteiger charge is 2.16. The van der Waals surface area contributed by atoms with Crippen molar-refractivity contribution >= 4 is 29.4 Å². The summed E-state index contributed by atoms with van der Waals surface area (Å²) in [6.07, 6.45) is -0.232. The van der Waals surface area contributed by atoms with Crippen LogP contribution in [0.4, 0.5) is 10.5 Å². The van der Waals surface area contributed by atoms with E-state index in [9.17, 15) is 19.2 Å². The second-order valence-corrected chi connectivity index (χ2v) is 8.99. The molecule has 0 bridgehead atoms. The smallest absolute Gasteiger partial charge is 0.407 e. The average molecular weight is 468 g/mol. The van der Waals surface area contributed by atoms with Gasteiger partial charge in [0.15, 0.2) is 5.78 Å². The molecule has 0 unspecified atom stereocenters. The Kier molecular flexibility index (Phi) is 9.79. The summed E-state index contributed by atoms with van der Waals surface area (Å²) in [6.45, 7) is 7.67. The van der Waals surface area contributed by atoms with Crippen molar-refractivity contribution < 1.29 is 23.9 Å². The van der Waals surface area contributed by atoms with Crippen molar-refractivity contribution in [3.8, 4) is 0 Å². The van der Waals surface area contributed by atoms with Crippen LogP contribution in [0.1, 0.15) is 61.5 Å². The topological polar surface area (TPSA) is 114 Å². The minimum absolute atomic E-state index is 0.0685. The largest absolute Gasteiger partial charge is 0.444 e. The number of aryl methyl sites for hydroxylation is 1. The monoisotopic (exact) mass is 467 g/mol. The number of anilines is 1. The van der Waals surface area contributed by atoms with Crippen molar-refractivity contribution in [2.24, 2.45) is 0 Å². The zero-order chi connectivity index (χ0) is 25.1. The molecule has 0 aliphatic rings. The maximum Gasteiger partial charge on any atom is 0.407 e. The molecular formula is C26H33N3O5. The van der Waals surface area contributed by atoms with Crippen LogP contribution in [0, 0.1) is 6.92 Å². The zero-order valence-electron chi connectivity index (χ0n) is 20.2. The summed E-state index contributed by atoms with van der Waals surface area (Å²) in [5, 5.41) is 8.10. The number of ether oxygens (including phenoxy) is 1. The molecule has 0 heterocycles. The third-order valence-corrected chi connectivity index (χ3v) is 4.67. The van der Waals surface area contributed by atoms with Gasteiger partial charge < -0.3 is 20.7 Å². The van der Waals surface area contributed by atoms with Crippen molar-refractivity contribution in [1.82, 2.24) is 10.6 Å². The number of carbonyl (C=O) groups excluding carboxylic acids is 4. The van der Waals surface area contributed by atoms with Crippen LogP contribution in [0.5, 0.6) is 0 Å².